The van der Waals surface area contributed by atoms with Crippen LogP contribution in [0.4, 0.5) is 4.39 Å². The highest BCUT2D eigenvalue weighted by Crippen LogP contribution is 2.24. The Kier molecular flexibility index (Phi) is 6.24. The highest BCUT2D eigenvalue weighted by molar-refractivity contribution is 9.10. The highest BCUT2D eigenvalue weighted by Gasteiger charge is 2.24. The van der Waals surface area contributed by atoms with Gasteiger partial charge in [-0.25, -0.2) is 4.39 Å². The van der Waals surface area contributed by atoms with Gasteiger partial charge in [-0.15, -0.1) is 0 Å². The number of rotatable bonds is 5. The van der Waals surface area contributed by atoms with Crippen molar-refractivity contribution in [3.05, 3.63) is 63.9 Å². The van der Waals surface area contributed by atoms with Crippen LogP contribution in [-0.2, 0) is 4.74 Å². The van der Waals surface area contributed by atoms with E-state index in [0.29, 0.717) is 24.2 Å². The van der Waals surface area contributed by atoms with Gasteiger partial charge in [-0.2, -0.15) is 0 Å². The fraction of sp³-hybridized carbons (Fsp3) is 0.316. The smallest absolute Gasteiger partial charge is 0.255 e. The van der Waals surface area contributed by atoms with E-state index in [2.05, 4.69) is 26.1 Å². The molecule has 2 aromatic rings. The van der Waals surface area contributed by atoms with Crippen molar-refractivity contribution in [1.82, 2.24) is 10.2 Å². The quantitative estimate of drug-likeness (QED) is 0.776. The Morgan fingerprint density at radius 1 is 1.23 bits per heavy atom. The number of amides is 1. The SMILES string of the molecule is O=C(NCC(c1ccc(F)cc1)N1CCOCC1)c1ccc(Br)cc1O. The van der Waals surface area contributed by atoms with Gasteiger partial charge in [0.25, 0.3) is 5.91 Å². The van der Waals surface area contributed by atoms with Gasteiger partial charge in [0.15, 0.2) is 0 Å². The van der Waals surface area contributed by atoms with Gasteiger partial charge in [0.1, 0.15) is 11.6 Å². The number of phenols is 1. The Hall–Kier alpha value is -1.96. The van der Waals surface area contributed by atoms with Crippen LogP contribution >= 0.6 is 15.9 Å². The Bertz CT molecular complexity index is 764. The van der Waals surface area contributed by atoms with E-state index in [-0.39, 0.29) is 29.1 Å². The van der Waals surface area contributed by atoms with Crippen molar-refractivity contribution in [2.75, 3.05) is 32.8 Å². The van der Waals surface area contributed by atoms with Crippen LogP contribution < -0.4 is 5.32 Å². The van der Waals surface area contributed by atoms with Crippen molar-refractivity contribution < 1.29 is 19.0 Å². The summed E-state index contributed by atoms with van der Waals surface area (Å²) in [5.74, 6) is -0.727. The number of benzene rings is 2. The van der Waals surface area contributed by atoms with Gasteiger partial charge in [0.05, 0.1) is 24.8 Å². The molecule has 1 unspecified atom stereocenters. The first kappa shape index (κ1) is 18.8. The van der Waals surface area contributed by atoms with Crippen molar-refractivity contribution in [3.8, 4) is 5.75 Å². The van der Waals surface area contributed by atoms with Crippen LogP contribution in [0.15, 0.2) is 46.9 Å². The molecule has 5 nitrogen and oxygen atoms in total. The summed E-state index contributed by atoms with van der Waals surface area (Å²) in [4.78, 5) is 14.7. The summed E-state index contributed by atoms with van der Waals surface area (Å²) in [5.41, 5.74) is 1.14. The summed E-state index contributed by atoms with van der Waals surface area (Å²) < 4.78 is 19.4. The number of carbonyl (C=O) groups excluding carboxylic acids is 1. The maximum atomic E-state index is 13.3. The molecule has 0 bridgehead atoms. The number of morpholine rings is 1. The molecule has 0 aliphatic carbocycles. The lowest BCUT2D eigenvalue weighted by Gasteiger charge is -2.35. The van der Waals surface area contributed by atoms with Crippen molar-refractivity contribution in [1.29, 1.82) is 0 Å². The van der Waals surface area contributed by atoms with E-state index in [1.54, 1.807) is 24.3 Å². The van der Waals surface area contributed by atoms with Crippen LogP contribution in [0.25, 0.3) is 0 Å². The number of halogens is 2. The van der Waals surface area contributed by atoms with E-state index in [4.69, 9.17) is 4.74 Å². The number of hydrogen-bond donors (Lipinski definition) is 2. The molecule has 0 radical (unpaired) electrons. The molecule has 0 aromatic heterocycles. The molecule has 1 aliphatic heterocycles. The molecule has 2 aromatic carbocycles. The fourth-order valence-electron chi connectivity index (χ4n) is 3.01. The highest BCUT2D eigenvalue weighted by atomic mass is 79.9. The van der Waals surface area contributed by atoms with Gasteiger partial charge in [-0.05, 0) is 35.9 Å². The molecule has 1 atom stereocenters. The second-order valence-electron chi connectivity index (χ2n) is 6.09. The summed E-state index contributed by atoms with van der Waals surface area (Å²) in [7, 11) is 0. The van der Waals surface area contributed by atoms with Crippen LogP contribution in [-0.4, -0.2) is 48.8 Å². The lowest BCUT2D eigenvalue weighted by atomic mass is 10.0. The molecule has 3 rings (SSSR count). The zero-order valence-corrected chi connectivity index (χ0v) is 15.7. The molecule has 1 heterocycles. The fourth-order valence-corrected chi connectivity index (χ4v) is 3.36. The van der Waals surface area contributed by atoms with Crippen molar-refractivity contribution in [2.45, 2.75) is 6.04 Å². The minimum absolute atomic E-state index is 0.0819. The van der Waals surface area contributed by atoms with E-state index in [1.807, 2.05) is 0 Å². The van der Waals surface area contributed by atoms with Crippen LogP contribution in [0.5, 0.6) is 5.75 Å². The first-order valence-corrected chi connectivity index (χ1v) is 9.18. The maximum Gasteiger partial charge on any atom is 0.255 e. The minimum Gasteiger partial charge on any atom is -0.507 e. The summed E-state index contributed by atoms with van der Waals surface area (Å²) >= 11 is 3.26. The third-order valence-corrected chi connectivity index (χ3v) is 4.89. The molecule has 0 spiro atoms. The number of carbonyl (C=O) groups is 1. The first-order valence-electron chi connectivity index (χ1n) is 8.38. The Morgan fingerprint density at radius 2 is 1.92 bits per heavy atom. The Labute approximate surface area is 159 Å². The molecule has 1 saturated heterocycles. The van der Waals surface area contributed by atoms with Gasteiger partial charge in [-0.3, -0.25) is 9.69 Å². The van der Waals surface area contributed by atoms with E-state index in [0.717, 1.165) is 18.7 Å². The molecule has 1 amide bonds. The first-order chi connectivity index (χ1) is 12.5. The predicted octanol–water partition coefficient (Wildman–Crippen LogP) is 3.10. The summed E-state index contributed by atoms with van der Waals surface area (Å²) in [5, 5.41) is 12.8. The van der Waals surface area contributed by atoms with Crippen LogP contribution in [0.3, 0.4) is 0 Å². The zero-order chi connectivity index (χ0) is 18.5. The molecule has 7 heteroatoms. The normalized spacial score (nSPS) is 16.2. The van der Waals surface area contributed by atoms with Crippen LogP contribution in [0, 0.1) is 5.82 Å². The predicted molar refractivity (Wildman–Crippen MR) is 99.7 cm³/mol. The number of aromatic hydroxyl groups is 1. The average Bonchev–Trinajstić information content (AvgIpc) is 2.64. The molecular formula is C19H20BrFN2O3. The van der Waals surface area contributed by atoms with Gasteiger partial charge in [0, 0.05) is 24.1 Å². The van der Waals surface area contributed by atoms with Gasteiger partial charge in [-0.1, -0.05) is 28.1 Å². The van der Waals surface area contributed by atoms with Crippen LogP contribution in [0.1, 0.15) is 22.0 Å². The molecule has 1 aliphatic rings. The second kappa shape index (κ2) is 8.62. The van der Waals surface area contributed by atoms with Gasteiger partial charge < -0.3 is 15.2 Å². The molecule has 26 heavy (non-hydrogen) atoms. The zero-order valence-electron chi connectivity index (χ0n) is 14.1. The van der Waals surface area contributed by atoms with E-state index >= 15 is 0 Å². The average molecular weight is 423 g/mol. The number of nitrogens with zero attached hydrogens (tertiary/aromatic N) is 1. The molecule has 138 valence electrons. The number of nitrogens with one attached hydrogen (secondary N) is 1. The molecular weight excluding hydrogens is 403 g/mol. The minimum atomic E-state index is -0.352. The Balaban J connectivity index is 1.74. The number of ether oxygens (including phenoxy) is 1. The summed E-state index contributed by atoms with van der Waals surface area (Å²) in [6, 6.07) is 11.0. The topological polar surface area (TPSA) is 61.8 Å². The summed E-state index contributed by atoms with van der Waals surface area (Å²) in [6.07, 6.45) is 0. The third-order valence-electron chi connectivity index (χ3n) is 4.40. The van der Waals surface area contributed by atoms with Crippen molar-refractivity contribution >= 4 is 21.8 Å². The van der Waals surface area contributed by atoms with Crippen molar-refractivity contribution in [3.63, 3.8) is 0 Å². The number of hydrogen-bond acceptors (Lipinski definition) is 4. The lowest BCUT2D eigenvalue weighted by Crippen LogP contribution is -2.43. The van der Waals surface area contributed by atoms with Crippen molar-refractivity contribution in [2.24, 2.45) is 0 Å². The van der Waals surface area contributed by atoms with E-state index in [9.17, 15) is 14.3 Å². The second-order valence-corrected chi connectivity index (χ2v) is 7.00. The van der Waals surface area contributed by atoms with Gasteiger partial charge >= 0.3 is 0 Å². The standard InChI is InChI=1S/C19H20BrFN2O3/c20-14-3-6-16(18(24)11-14)19(25)22-12-17(23-7-9-26-10-8-23)13-1-4-15(21)5-2-13/h1-6,11,17,24H,7-10,12H2,(H,22,25). The van der Waals surface area contributed by atoms with E-state index < -0.39 is 0 Å². The Morgan fingerprint density at radius 3 is 2.58 bits per heavy atom. The molecule has 1 fully saturated rings. The monoisotopic (exact) mass is 422 g/mol. The molecule has 0 saturated carbocycles. The third kappa shape index (κ3) is 4.60. The largest absolute Gasteiger partial charge is 0.507 e. The van der Waals surface area contributed by atoms with E-state index in [1.165, 1.54) is 18.2 Å². The number of phenolic OH excluding ortho intramolecular Hbond substituents is 1. The van der Waals surface area contributed by atoms with Crippen LogP contribution in [0.2, 0.25) is 0 Å². The molecule has 2 N–H and O–H groups in total. The lowest BCUT2D eigenvalue weighted by molar-refractivity contribution is 0.0162. The maximum absolute atomic E-state index is 13.3. The van der Waals surface area contributed by atoms with Gasteiger partial charge in [0.2, 0.25) is 0 Å². The summed E-state index contributed by atoms with van der Waals surface area (Å²) in [6.45, 7) is 3.07.